The first-order valence-electron chi connectivity index (χ1n) is 6.93. The van der Waals surface area contributed by atoms with Gasteiger partial charge in [0.2, 0.25) is 5.91 Å². The summed E-state index contributed by atoms with van der Waals surface area (Å²) in [6.45, 7) is 2.35. The Bertz CT molecular complexity index is 403. The van der Waals surface area contributed by atoms with Gasteiger partial charge >= 0.3 is 0 Å². The summed E-state index contributed by atoms with van der Waals surface area (Å²) in [5, 5.41) is 2.96. The van der Waals surface area contributed by atoms with E-state index >= 15 is 0 Å². The van der Waals surface area contributed by atoms with E-state index < -0.39 is 0 Å². The fourth-order valence-electron chi connectivity index (χ4n) is 2.27. The molecule has 0 aromatic heterocycles. The molecule has 1 atom stereocenters. The van der Waals surface area contributed by atoms with E-state index in [1.165, 1.54) is 5.56 Å². The molecule has 1 fully saturated rings. The Labute approximate surface area is 126 Å². The molecule has 1 aliphatic heterocycles. The summed E-state index contributed by atoms with van der Waals surface area (Å²) < 4.78 is 5.30. The standard InChI is InChI=1S/C15H22N2O2.ClH/c16-14-4-1-12(2-5-14)7-9-17-15(18)6-3-13-8-10-19-11-13;/h1-2,4-5,13H,3,6-11,16H2,(H,17,18);1H. The molecule has 1 saturated heterocycles. The van der Waals surface area contributed by atoms with Crippen molar-refractivity contribution in [3.8, 4) is 0 Å². The maximum absolute atomic E-state index is 11.7. The topological polar surface area (TPSA) is 64.3 Å². The number of amides is 1. The van der Waals surface area contributed by atoms with Crippen molar-refractivity contribution in [3.63, 3.8) is 0 Å². The van der Waals surface area contributed by atoms with Crippen molar-refractivity contribution in [2.75, 3.05) is 25.5 Å². The van der Waals surface area contributed by atoms with Crippen LogP contribution in [-0.2, 0) is 16.0 Å². The number of nitrogen functional groups attached to an aromatic ring is 1. The first-order chi connectivity index (χ1) is 9.24. The Hall–Kier alpha value is -1.26. The first-order valence-corrected chi connectivity index (χ1v) is 6.93. The number of nitrogens with two attached hydrogens (primary N) is 1. The molecule has 1 heterocycles. The molecular weight excluding hydrogens is 276 g/mol. The second-order valence-electron chi connectivity index (χ2n) is 5.11. The number of hydrogen-bond donors (Lipinski definition) is 2. The van der Waals surface area contributed by atoms with Crippen LogP contribution >= 0.6 is 12.4 Å². The Balaban J connectivity index is 0.00000200. The Morgan fingerprint density at radius 1 is 1.35 bits per heavy atom. The van der Waals surface area contributed by atoms with Gasteiger partial charge in [-0.05, 0) is 42.9 Å². The summed E-state index contributed by atoms with van der Waals surface area (Å²) in [5.41, 5.74) is 7.59. The van der Waals surface area contributed by atoms with Gasteiger partial charge in [0, 0.05) is 31.9 Å². The average Bonchev–Trinajstić information content (AvgIpc) is 2.92. The summed E-state index contributed by atoms with van der Waals surface area (Å²) in [6, 6.07) is 7.77. The lowest BCUT2D eigenvalue weighted by Gasteiger charge is -2.08. The molecule has 3 N–H and O–H groups in total. The van der Waals surface area contributed by atoms with E-state index in [1.807, 2.05) is 24.3 Å². The minimum Gasteiger partial charge on any atom is -0.399 e. The SMILES string of the molecule is Cl.Nc1ccc(CCNC(=O)CCC2CCOC2)cc1. The van der Waals surface area contributed by atoms with Crippen LogP contribution in [0.25, 0.3) is 0 Å². The summed E-state index contributed by atoms with van der Waals surface area (Å²) in [4.78, 5) is 11.7. The molecule has 1 aromatic carbocycles. The van der Waals surface area contributed by atoms with Crippen molar-refractivity contribution >= 4 is 24.0 Å². The second kappa shape index (κ2) is 8.82. The molecule has 1 amide bonds. The first kappa shape index (κ1) is 16.8. The molecule has 0 saturated carbocycles. The fraction of sp³-hybridized carbons (Fsp3) is 0.533. The predicted molar refractivity (Wildman–Crippen MR) is 83.0 cm³/mol. The molecule has 4 nitrogen and oxygen atoms in total. The molecule has 1 aliphatic rings. The highest BCUT2D eigenvalue weighted by Crippen LogP contribution is 2.17. The molecule has 20 heavy (non-hydrogen) atoms. The Morgan fingerprint density at radius 2 is 2.10 bits per heavy atom. The number of hydrogen-bond acceptors (Lipinski definition) is 3. The van der Waals surface area contributed by atoms with Crippen LogP contribution in [-0.4, -0.2) is 25.7 Å². The van der Waals surface area contributed by atoms with E-state index in [-0.39, 0.29) is 18.3 Å². The van der Waals surface area contributed by atoms with Gasteiger partial charge in [-0.1, -0.05) is 12.1 Å². The van der Waals surface area contributed by atoms with Crippen molar-refractivity contribution in [3.05, 3.63) is 29.8 Å². The van der Waals surface area contributed by atoms with E-state index in [2.05, 4.69) is 5.32 Å². The summed E-state index contributed by atoms with van der Waals surface area (Å²) in [5.74, 6) is 0.713. The van der Waals surface area contributed by atoms with Gasteiger partial charge in [-0.25, -0.2) is 0 Å². The van der Waals surface area contributed by atoms with Crippen LogP contribution in [0.5, 0.6) is 0 Å². The molecule has 1 unspecified atom stereocenters. The third-order valence-corrected chi connectivity index (χ3v) is 3.52. The predicted octanol–water partition coefficient (Wildman–Crippen LogP) is 2.17. The van der Waals surface area contributed by atoms with Gasteiger partial charge in [0.1, 0.15) is 0 Å². The van der Waals surface area contributed by atoms with Gasteiger partial charge in [-0.15, -0.1) is 12.4 Å². The van der Waals surface area contributed by atoms with E-state index in [1.54, 1.807) is 0 Å². The maximum Gasteiger partial charge on any atom is 0.220 e. The van der Waals surface area contributed by atoms with Crippen LogP contribution < -0.4 is 11.1 Å². The normalized spacial score (nSPS) is 17.5. The van der Waals surface area contributed by atoms with Crippen molar-refractivity contribution in [1.29, 1.82) is 0 Å². The Kier molecular flexibility index (Phi) is 7.41. The third kappa shape index (κ3) is 5.80. The molecule has 0 aliphatic carbocycles. The summed E-state index contributed by atoms with van der Waals surface area (Å²) >= 11 is 0. The molecule has 1 aromatic rings. The van der Waals surface area contributed by atoms with Gasteiger partial charge in [0.25, 0.3) is 0 Å². The van der Waals surface area contributed by atoms with Crippen molar-refractivity contribution < 1.29 is 9.53 Å². The van der Waals surface area contributed by atoms with Gasteiger partial charge < -0.3 is 15.8 Å². The van der Waals surface area contributed by atoms with E-state index in [9.17, 15) is 4.79 Å². The van der Waals surface area contributed by atoms with Crippen LogP contribution in [0.3, 0.4) is 0 Å². The minimum absolute atomic E-state index is 0. The van der Waals surface area contributed by atoms with Crippen LogP contribution in [0.4, 0.5) is 5.69 Å². The van der Waals surface area contributed by atoms with Crippen LogP contribution in [0.2, 0.25) is 0 Å². The lowest BCUT2D eigenvalue weighted by Crippen LogP contribution is -2.26. The summed E-state index contributed by atoms with van der Waals surface area (Å²) in [7, 11) is 0. The third-order valence-electron chi connectivity index (χ3n) is 3.52. The van der Waals surface area contributed by atoms with Gasteiger partial charge in [0.15, 0.2) is 0 Å². The van der Waals surface area contributed by atoms with Gasteiger partial charge in [-0.2, -0.15) is 0 Å². The molecular formula is C15H23ClN2O2. The number of ether oxygens (including phenoxy) is 1. The van der Waals surface area contributed by atoms with Crippen molar-refractivity contribution in [2.45, 2.75) is 25.7 Å². The Morgan fingerprint density at radius 3 is 2.75 bits per heavy atom. The number of rotatable bonds is 6. The van der Waals surface area contributed by atoms with Crippen molar-refractivity contribution in [2.24, 2.45) is 5.92 Å². The molecule has 2 rings (SSSR count). The van der Waals surface area contributed by atoms with Crippen LogP contribution in [0.15, 0.2) is 24.3 Å². The number of benzene rings is 1. The number of carbonyl (C=O) groups excluding carboxylic acids is 1. The number of anilines is 1. The molecule has 5 heteroatoms. The van der Waals surface area contributed by atoms with E-state index in [0.29, 0.717) is 18.9 Å². The number of halogens is 1. The van der Waals surface area contributed by atoms with E-state index in [4.69, 9.17) is 10.5 Å². The molecule has 112 valence electrons. The molecule has 0 spiro atoms. The van der Waals surface area contributed by atoms with Crippen molar-refractivity contribution in [1.82, 2.24) is 5.32 Å². The monoisotopic (exact) mass is 298 g/mol. The zero-order chi connectivity index (χ0) is 13.5. The highest BCUT2D eigenvalue weighted by Gasteiger charge is 2.16. The van der Waals surface area contributed by atoms with Gasteiger partial charge in [0.05, 0.1) is 0 Å². The lowest BCUT2D eigenvalue weighted by atomic mass is 10.0. The number of nitrogens with one attached hydrogen (secondary N) is 1. The quantitative estimate of drug-likeness (QED) is 0.791. The molecule has 0 bridgehead atoms. The fourth-order valence-corrected chi connectivity index (χ4v) is 2.27. The highest BCUT2D eigenvalue weighted by atomic mass is 35.5. The smallest absolute Gasteiger partial charge is 0.220 e. The number of carbonyl (C=O) groups is 1. The zero-order valence-corrected chi connectivity index (χ0v) is 12.5. The maximum atomic E-state index is 11.7. The summed E-state index contributed by atoms with van der Waals surface area (Å²) in [6.07, 6.45) is 3.49. The largest absolute Gasteiger partial charge is 0.399 e. The second-order valence-corrected chi connectivity index (χ2v) is 5.11. The highest BCUT2D eigenvalue weighted by molar-refractivity contribution is 5.85. The van der Waals surface area contributed by atoms with Gasteiger partial charge in [-0.3, -0.25) is 4.79 Å². The molecule has 0 radical (unpaired) electrons. The minimum atomic E-state index is 0. The van der Waals surface area contributed by atoms with Crippen LogP contribution in [0, 0.1) is 5.92 Å². The van der Waals surface area contributed by atoms with E-state index in [0.717, 1.165) is 38.2 Å². The lowest BCUT2D eigenvalue weighted by molar-refractivity contribution is -0.121. The average molecular weight is 299 g/mol. The van der Waals surface area contributed by atoms with Crippen LogP contribution in [0.1, 0.15) is 24.8 Å². The zero-order valence-electron chi connectivity index (χ0n) is 11.6.